The summed E-state index contributed by atoms with van der Waals surface area (Å²) < 4.78 is 7.64. The molecule has 4 rings (SSSR count). The van der Waals surface area contributed by atoms with E-state index in [9.17, 15) is 0 Å². The minimum Gasteiger partial charge on any atom is -0.493 e. The highest BCUT2D eigenvalue weighted by atomic mass is 32.2. The molecule has 1 aliphatic rings. The fourth-order valence-electron chi connectivity index (χ4n) is 2.56. The van der Waals surface area contributed by atoms with Gasteiger partial charge in [0.25, 0.3) is 0 Å². The molecule has 0 fully saturated rings. The SMILES string of the molecule is CCOc1ccccc1-c1nnc2n1NC(c1ccccc1)=CS2. The van der Waals surface area contributed by atoms with Gasteiger partial charge >= 0.3 is 0 Å². The molecule has 5 nitrogen and oxygen atoms in total. The zero-order valence-corrected chi connectivity index (χ0v) is 14.0. The first-order valence-electron chi connectivity index (χ1n) is 7.73. The molecule has 1 N–H and O–H groups in total. The van der Waals surface area contributed by atoms with Crippen molar-refractivity contribution in [2.24, 2.45) is 0 Å². The average Bonchev–Trinajstić information content (AvgIpc) is 3.06. The highest BCUT2D eigenvalue weighted by Gasteiger charge is 2.21. The minimum atomic E-state index is 0.607. The van der Waals surface area contributed by atoms with Crippen LogP contribution in [0.2, 0.25) is 0 Å². The largest absolute Gasteiger partial charge is 0.493 e. The highest BCUT2D eigenvalue weighted by molar-refractivity contribution is 8.02. The maximum absolute atomic E-state index is 5.73. The van der Waals surface area contributed by atoms with E-state index in [-0.39, 0.29) is 0 Å². The van der Waals surface area contributed by atoms with Gasteiger partial charge in [-0.1, -0.05) is 54.2 Å². The summed E-state index contributed by atoms with van der Waals surface area (Å²) in [5.41, 5.74) is 6.46. The number of nitrogens with zero attached hydrogens (tertiary/aromatic N) is 3. The Morgan fingerprint density at radius 1 is 1.04 bits per heavy atom. The topological polar surface area (TPSA) is 52.0 Å². The summed E-state index contributed by atoms with van der Waals surface area (Å²) in [5, 5.41) is 11.5. The molecule has 0 unspecified atom stereocenters. The third kappa shape index (κ3) is 2.65. The third-order valence-electron chi connectivity index (χ3n) is 3.66. The van der Waals surface area contributed by atoms with Gasteiger partial charge in [0.1, 0.15) is 5.75 Å². The monoisotopic (exact) mass is 336 g/mol. The summed E-state index contributed by atoms with van der Waals surface area (Å²) >= 11 is 1.55. The number of hydrogen-bond donors (Lipinski definition) is 1. The molecule has 0 saturated heterocycles. The lowest BCUT2D eigenvalue weighted by Crippen LogP contribution is -2.18. The lowest BCUT2D eigenvalue weighted by Gasteiger charge is -2.19. The van der Waals surface area contributed by atoms with Gasteiger partial charge in [-0.15, -0.1) is 10.2 Å². The molecule has 1 aromatic heterocycles. The summed E-state index contributed by atoms with van der Waals surface area (Å²) in [6, 6.07) is 18.1. The summed E-state index contributed by atoms with van der Waals surface area (Å²) in [4.78, 5) is 0. The van der Waals surface area contributed by atoms with Gasteiger partial charge in [0.2, 0.25) is 5.16 Å². The van der Waals surface area contributed by atoms with E-state index in [1.165, 1.54) is 0 Å². The highest BCUT2D eigenvalue weighted by Crippen LogP contribution is 2.34. The maximum Gasteiger partial charge on any atom is 0.214 e. The summed E-state index contributed by atoms with van der Waals surface area (Å²) in [6.45, 7) is 2.58. The first-order valence-corrected chi connectivity index (χ1v) is 8.61. The Kier molecular flexibility index (Phi) is 3.96. The zero-order chi connectivity index (χ0) is 16.4. The second-order valence-electron chi connectivity index (χ2n) is 5.20. The number of benzene rings is 2. The summed E-state index contributed by atoms with van der Waals surface area (Å²) in [5.74, 6) is 1.54. The van der Waals surface area contributed by atoms with Crippen molar-refractivity contribution in [3.05, 3.63) is 65.6 Å². The average molecular weight is 336 g/mol. The number of nitrogens with one attached hydrogen (secondary N) is 1. The molecule has 120 valence electrons. The van der Waals surface area contributed by atoms with E-state index in [4.69, 9.17) is 4.74 Å². The Morgan fingerprint density at radius 2 is 1.83 bits per heavy atom. The van der Waals surface area contributed by atoms with Crippen LogP contribution in [0.1, 0.15) is 12.5 Å². The van der Waals surface area contributed by atoms with Gasteiger partial charge in [-0.25, -0.2) is 4.68 Å². The molecular weight excluding hydrogens is 320 g/mol. The van der Waals surface area contributed by atoms with Gasteiger partial charge in [0, 0.05) is 5.41 Å². The quantitative estimate of drug-likeness (QED) is 0.781. The number of fused-ring (bicyclic) bond motifs is 1. The van der Waals surface area contributed by atoms with Gasteiger partial charge in [-0.05, 0) is 24.6 Å². The summed E-state index contributed by atoms with van der Waals surface area (Å²) in [6.07, 6.45) is 0. The smallest absolute Gasteiger partial charge is 0.214 e. The van der Waals surface area contributed by atoms with Crippen LogP contribution in [0.15, 0.2) is 65.2 Å². The molecule has 24 heavy (non-hydrogen) atoms. The van der Waals surface area contributed by atoms with Crippen LogP contribution in [0.5, 0.6) is 5.75 Å². The van der Waals surface area contributed by atoms with E-state index < -0.39 is 0 Å². The molecular formula is C18H16N4OS. The Balaban J connectivity index is 1.73. The van der Waals surface area contributed by atoms with Crippen LogP contribution in [0.4, 0.5) is 0 Å². The van der Waals surface area contributed by atoms with Gasteiger partial charge in [-0.2, -0.15) is 0 Å². The molecule has 3 aromatic rings. The Labute approximate surface area is 144 Å². The van der Waals surface area contributed by atoms with E-state index in [0.717, 1.165) is 33.6 Å². The summed E-state index contributed by atoms with van der Waals surface area (Å²) in [7, 11) is 0. The Morgan fingerprint density at radius 3 is 2.67 bits per heavy atom. The first kappa shape index (κ1) is 14.8. The molecule has 0 aliphatic carbocycles. The lowest BCUT2D eigenvalue weighted by molar-refractivity contribution is 0.341. The van der Waals surface area contributed by atoms with Crippen LogP contribution in [0.25, 0.3) is 17.1 Å². The van der Waals surface area contributed by atoms with Crippen molar-refractivity contribution < 1.29 is 4.74 Å². The van der Waals surface area contributed by atoms with Crippen LogP contribution in [0.3, 0.4) is 0 Å². The zero-order valence-electron chi connectivity index (χ0n) is 13.1. The maximum atomic E-state index is 5.73. The van der Waals surface area contributed by atoms with Crippen molar-refractivity contribution in [1.82, 2.24) is 14.9 Å². The third-order valence-corrected chi connectivity index (χ3v) is 4.49. The van der Waals surface area contributed by atoms with Crippen LogP contribution < -0.4 is 10.2 Å². The van der Waals surface area contributed by atoms with Gasteiger partial charge in [-0.3, -0.25) is 5.43 Å². The Bertz CT molecular complexity index is 889. The van der Waals surface area contributed by atoms with E-state index in [1.54, 1.807) is 11.8 Å². The van der Waals surface area contributed by atoms with E-state index in [1.807, 2.05) is 54.1 Å². The van der Waals surface area contributed by atoms with Crippen LogP contribution in [-0.2, 0) is 0 Å². The van der Waals surface area contributed by atoms with Crippen molar-refractivity contribution in [3.8, 4) is 17.1 Å². The van der Waals surface area contributed by atoms with Crippen molar-refractivity contribution in [1.29, 1.82) is 0 Å². The fourth-order valence-corrected chi connectivity index (χ4v) is 3.30. The second-order valence-corrected chi connectivity index (χ2v) is 6.03. The normalized spacial score (nSPS) is 13.0. The molecule has 0 radical (unpaired) electrons. The minimum absolute atomic E-state index is 0.607. The molecule has 2 aromatic carbocycles. The van der Waals surface area contributed by atoms with Crippen LogP contribution in [-0.4, -0.2) is 21.5 Å². The van der Waals surface area contributed by atoms with E-state index >= 15 is 0 Å². The van der Waals surface area contributed by atoms with Gasteiger partial charge in [0.05, 0.1) is 17.9 Å². The van der Waals surface area contributed by atoms with Crippen LogP contribution in [0, 0.1) is 0 Å². The predicted molar refractivity (Wildman–Crippen MR) is 96.3 cm³/mol. The van der Waals surface area contributed by atoms with Crippen molar-refractivity contribution in [2.75, 3.05) is 12.0 Å². The number of hydrogen-bond acceptors (Lipinski definition) is 5. The lowest BCUT2D eigenvalue weighted by atomic mass is 10.2. The number of rotatable bonds is 4. The molecule has 0 amide bonds. The molecule has 0 bridgehead atoms. The van der Waals surface area contributed by atoms with Crippen molar-refractivity contribution in [3.63, 3.8) is 0 Å². The molecule has 6 heteroatoms. The van der Waals surface area contributed by atoms with Crippen molar-refractivity contribution >= 4 is 17.5 Å². The number of aromatic nitrogens is 3. The van der Waals surface area contributed by atoms with Crippen LogP contribution >= 0.6 is 11.8 Å². The first-order chi connectivity index (χ1) is 11.9. The second kappa shape index (κ2) is 6.41. The van der Waals surface area contributed by atoms with Gasteiger partial charge in [0.15, 0.2) is 5.82 Å². The van der Waals surface area contributed by atoms with Gasteiger partial charge < -0.3 is 4.74 Å². The molecule has 0 atom stereocenters. The predicted octanol–water partition coefficient (Wildman–Crippen LogP) is 3.99. The van der Waals surface area contributed by atoms with Crippen molar-refractivity contribution in [2.45, 2.75) is 12.1 Å². The molecule has 0 spiro atoms. The standard InChI is InChI=1S/C18H16N4OS/c1-2-23-16-11-7-6-10-14(16)17-19-20-18-22(17)21-15(12-24-18)13-8-4-3-5-9-13/h3-12,21H,2H2,1H3. The Hall–Kier alpha value is -2.73. The number of thioether (sulfide) groups is 1. The molecule has 2 heterocycles. The van der Waals surface area contributed by atoms with E-state index in [2.05, 4.69) is 33.2 Å². The fraction of sp³-hybridized carbons (Fsp3) is 0.111. The molecule has 0 saturated carbocycles. The molecule has 1 aliphatic heterocycles. The number of ether oxygens (including phenoxy) is 1. The van der Waals surface area contributed by atoms with E-state index in [0.29, 0.717) is 6.61 Å². The number of para-hydroxylation sites is 1.